The van der Waals surface area contributed by atoms with Crippen LogP contribution in [0.5, 0.6) is 11.5 Å². The molecule has 0 spiro atoms. The average Bonchev–Trinajstić information content (AvgIpc) is 2.59. The van der Waals surface area contributed by atoms with Crippen molar-refractivity contribution in [3.63, 3.8) is 0 Å². The van der Waals surface area contributed by atoms with Crippen LogP contribution in [-0.2, 0) is 12.8 Å². The lowest BCUT2D eigenvalue weighted by atomic mass is 9.89. The van der Waals surface area contributed by atoms with Crippen LogP contribution in [-0.4, -0.2) is 19.8 Å². The quantitative estimate of drug-likeness (QED) is 0.922. The van der Waals surface area contributed by atoms with Gasteiger partial charge in [-0.15, -0.1) is 0 Å². The van der Waals surface area contributed by atoms with Crippen LogP contribution in [0.4, 0.5) is 0 Å². The summed E-state index contributed by atoms with van der Waals surface area (Å²) in [6.07, 6.45) is 2.18. The van der Waals surface area contributed by atoms with E-state index >= 15 is 0 Å². The van der Waals surface area contributed by atoms with Gasteiger partial charge in [0.05, 0.1) is 6.54 Å². The van der Waals surface area contributed by atoms with Gasteiger partial charge in [0, 0.05) is 17.5 Å². The molecule has 0 fully saturated rings. The third kappa shape index (κ3) is 2.35. The van der Waals surface area contributed by atoms with Crippen molar-refractivity contribution in [1.82, 2.24) is 0 Å². The number of ether oxygens (including phenoxy) is 2. The van der Waals surface area contributed by atoms with E-state index < -0.39 is 0 Å². The topological polar surface area (TPSA) is 35.1 Å². The first-order valence-electron chi connectivity index (χ1n) is 8.19. The fourth-order valence-corrected chi connectivity index (χ4v) is 3.46. The summed E-state index contributed by atoms with van der Waals surface area (Å²) in [6, 6.07) is 13.8. The molecule has 2 aromatic carbocycles. The number of rotatable bonds is 2. The Labute approximate surface area is 131 Å². The second-order valence-electron chi connectivity index (χ2n) is 6.04. The van der Waals surface area contributed by atoms with Crippen LogP contribution < -0.4 is 14.8 Å². The lowest BCUT2D eigenvalue weighted by molar-refractivity contribution is -0.690. The Morgan fingerprint density at radius 1 is 1.05 bits per heavy atom. The van der Waals surface area contributed by atoms with E-state index in [4.69, 9.17) is 9.47 Å². The lowest BCUT2D eigenvalue weighted by Crippen LogP contribution is -2.87. The number of quaternary nitrogens is 1. The average molecular weight is 296 g/mol. The van der Waals surface area contributed by atoms with Crippen LogP contribution in [0.3, 0.4) is 0 Å². The lowest BCUT2D eigenvalue weighted by Gasteiger charge is -2.27. The van der Waals surface area contributed by atoms with Crippen LogP contribution in [0.25, 0.3) is 0 Å². The second kappa shape index (κ2) is 5.65. The van der Waals surface area contributed by atoms with E-state index in [0.717, 1.165) is 30.9 Å². The Bertz CT molecular complexity index is 679. The maximum atomic E-state index is 5.77. The van der Waals surface area contributed by atoms with Crippen LogP contribution in [0.2, 0.25) is 0 Å². The predicted molar refractivity (Wildman–Crippen MR) is 85.6 cm³/mol. The van der Waals surface area contributed by atoms with E-state index in [1.165, 1.54) is 22.3 Å². The first-order chi connectivity index (χ1) is 10.8. The van der Waals surface area contributed by atoms with E-state index in [0.29, 0.717) is 19.3 Å². The highest BCUT2D eigenvalue weighted by atomic mass is 16.6. The molecule has 0 unspecified atom stereocenters. The van der Waals surface area contributed by atoms with Crippen molar-refractivity contribution < 1.29 is 14.8 Å². The molecule has 0 bridgehead atoms. The number of nitrogens with two attached hydrogens (primary N) is 1. The molecule has 0 saturated carbocycles. The molecule has 114 valence electrons. The van der Waals surface area contributed by atoms with Gasteiger partial charge in [-0.3, -0.25) is 0 Å². The van der Waals surface area contributed by atoms with Crippen molar-refractivity contribution in [1.29, 1.82) is 0 Å². The molecule has 2 aliphatic rings. The molecule has 0 aromatic heterocycles. The Morgan fingerprint density at radius 3 is 2.50 bits per heavy atom. The van der Waals surface area contributed by atoms with E-state index in [2.05, 4.69) is 48.6 Å². The van der Waals surface area contributed by atoms with Gasteiger partial charge in [0.15, 0.2) is 11.5 Å². The van der Waals surface area contributed by atoms with Gasteiger partial charge in [-0.05, 0) is 29.7 Å². The molecule has 0 aliphatic carbocycles. The highest BCUT2D eigenvalue weighted by Gasteiger charge is 2.28. The maximum absolute atomic E-state index is 5.77. The van der Waals surface area contributed by atoms with E-state index in [-0.39, 0.29) is 0 Å². The fourth-order valence-electron chi connectivity index (χ4n) is 3.46. The Morgan fingerprint density at radius 2 is 1.77 bits per heavy atom. The van der Waals surface area contributed by atoms with Crippen molar-refractivity contribution >= 4 is 0 Å². The zero-order chi connectivity index (χ0) is 14.9. The summed E-state index contributed by atoms with van der Waals surface area (Å²) in [6.45, 7) is 4.61. The minimum atomic E-state index is 0.366. The Kier molecular flexibility index (Phi) is 3.51. The number of fused-ring (bicyclic) bond motifs is 2. The SMILES string of the molecule is CCc1ccc([C@H]2[NH2+]CCc3cc4c(cc32)OCCO4)cc1. The molecular weight excluding hydrogens is 274 g/mol. The Hall–Kier alpha value is -2.00. The maximum Gasteiger partial charge on any atom is 0.161 e. The zero-order valence-electron chi connectivity index (χ0n) is 13.0. The summed E-state index contributed by atoms with van der Waals surface area (Å²) in [5.74, 6) is 1.81. The predicted octanol–water partition coefficient (Wildman–Crippen LogP) is 2.23. The number of hydrogen-bond acceptors (Lipinski definition) is 2. The molecule has 3 heteroatoms. The monoisotopic (exact) mass is 296 g/mol. The van der Waals surface area contributed by atoms with Gasteiger partial charge in [0.2, 0.25) is 0 Å². The molecule has 2 aromatic rings. The zero-order valence-corrected chi connectivity index (χ0v) is 13.0. The highest BCUT2D eigenvalue weighted by Crippen LogP contribution is 2.37. The van der Waals surface area contributed by atoms with Crippen LogP contribution in [0.15, 0.2) is 36.4 Å². The second-order valence-corrected chi connectivity index (χ2v) is 6.04. The smallest absolute Gasteiger partial charge is 0.161 e. The van der Waals surface area contributed by atoms with E-state index in [1.807, 2.05) is 0 Å². The molecular formula is C19H22NO2+. The van der Waals surface area contributed by atoms with Gasteiger partial charge in [-0.1, -0.05) is 31.2 Å². The molecule has 0 saturated heterocycles. The summed E-state index contributed by atoms with van der Waals surface area (Å²) in [5.41, 5.74) is 5.54. The number of benzene rings is 2. The standard InChI is InChI=1S/C19H21NO2/c1-2-13-3-5-14(6-4-13)19-16-12-18-17(21-9-10-22-18)11-15(16)7-8-20-19/h3-6,11-12,19-20H,2,7-10H2,1H3/p+1/t19-/m1/s1. The largest absolute Gasteiger partial charge is 0.486 e. The van der Waals surface area contributed by atoms with Crippen molar-refractivity contribution in [3.8, 4) is 11.5 Å². The minimum absolute atomic E-state index is 0.366. The normalized spacial score (nSPS) is 19.6. The van der Waals surface area contributed by atoms with Crippen LogP contribution >= 0.6 is 0 Å². The van der Waals surface area contributed by atoms with Crippen LogP contribution in [0, 0.1) is 0 Å². The molecule has 2 N–H and O–H groups in total. The van der Waals surface area contributed by atoms with Gasteiger partial charge < -0.3 is 14.8 Å². The molecule has 22 heavy (non-hydrogen) atoms. The Balaban J connectivity index is 1.74. The van der Waals surface area contributed by atoms with Crippen molar-refractivity contribution in [2.75, 3.05) is 19.8 Å². The van der Waals surface area contributed by atoms with Gasteiger partial charge in [-0.2, -0.15) is 0 Å². The summed E-state index contributed by atoms with van der Waals surface area (Å²) in [7, 11) is 0. The number of hydrogen-bond donors (Lipinski definition) is 1. The van der Waals surface area contributed by atoms with Crippen LogP contribution in [0.1, 0.15) is 35.2 Å². The molecule has 1 atom stereocenters. The summed E-state index contributed by atoms with van der Waals surface area (Å²) < 4.78 is 11.5. The summed E-state index contributed by atoms with van der Waals surface area (Å²) >= 11 is 0. The van der Waals surface area contributed by atoms with Crippen molar-refractivity contribution in [2.24, 2.45) is 0 Å². The highest BCUT2D eigenvalue weighted by molar-refractivity contribution is 5.51. The van der Waals surface area contributed by atoms with Gasteiger partial charge >= 0.3 is 0 Å². The molecule has 0 amide bonds. The van der Waals surface area contributed by atoms with Crippen molar-refractivity contribution in [3.05, 3.63) is 58.7 Å². The van der Waals surface area contributed by atoms with Crippen molar-refractivity contribution in [2.45, 2.75) is 25.8 Å². The molecule has 2 heterocycles. The van der Waals surface area contributed by atoms with E-state index in [9.17, 15) is 0 Å². The fraction of sp³-hybridized carbons (Fsp3) is 0.368. The third-order valence-electron chi connectivity index (χ3n) is 4.70. The molecule has 2 aliphatic heterocycles. The molecule has 4 rings (SSSR count). The first kappa shape index (κ1) is 13.6. The third-order valence-corrected chi connectivity index (χ3v) is 4.70. The summed E-state index contributed by atoms with van der Waals surface area (Å²) in [4.78, 5) is 0. The summed E-state index contributed by atoms with van der Waals surface area (Å²) in [5, 5.41) is 2.43. The molecule has 3 nitrogen and oxygen atoms in total. The van der Waals surface area contributed by atoms with Gasteiger partial charge in [-0.25, -0.2) is 0 Å². The van der Waals surface area contributed by atoms with E-state index in [1.54, 1.807) is 0 Å². The van der Waals surface area contributed by atoms with Gasteiger partial charge in [0.25, 0.3) is 0 Å². The molecule has 0 radical (unpaired) electrons. The minimum Gasteiger partial charge on any atom is -0.486 e. The first-order valence-corrected chi connectivity index (χ1v) is 8.19. The van der Waals surface area contributed by atoms with Gasteiger partial charge in [0.1, 0.15) is 19.3 Å². The number of aryl methyl sites for hydroxylation is 1.